The van der Waals surface area contributed by atoms with Crippen molar-refractivity contribution in [3.63, 3.8) is 0 Å². The molecule has 0 spiro atoms. The molecular formula is C18H12O5. The summed E-state index contributed by atoms with van der Waals surface area (Å²) in [6.45, 7) is 0. The number of aromatic hydroxyl groups is 1. The van der Waals surface area contributed by atoms with Gasteiger partial charge in [-0.1, -0.05) is 18.2 Å². The van der Waals surface area contributed by atoms with Crippen molar-refractivity contribution in [2.45, 2.75) is 0 Å². The Balaban J connectivity index is 1.90. The molecule has 1 aliphatic rings. The first-order chi connectivity index (χ1) is 11.0. The number of carbonyl (C=O) groups is 2. The van der Waals surface area contributed by atoms with Crippen LogP contribution in [0.15, 0.2) is 54.3 Å². The van der Waals surface area contributed by atoms with Crippen LogP contribution >= 0.6 is 0 Å². The predicted molar refractivity (Wildman–Crippen MR) is 84.2 cm³/mol. The number of benzene rings is 2. The first kappa shape index (κ1) is 14.6. The predicted octanol–water partition coefficient (Wildman–Crippen LogP) is 3.11. The van der Waals surface area contributed by atoms with E-state index in [1.165, 1.54) is 24.3 Å². The molecule has 2 aromatic rings. The third kappa shape index (κ3) is 3.13. The van der Waals surface area contributed by atoms with Crippen molar-refractivity contribution in [3.05, 3.63) is 71.0 Å². The van der Waals surface area contributed by atoms with Gasteiger partial charge in [0, 0.05) is 12.1 Å². The van der Waals surface area contributed by atoms with E-state index in [9.17, 15) is 14.7 Å². The number of hydrogen-bond acceptors (Lipinski definition) is 4. The van der Waals surface area contributed by atoms with E-state index in [4.69, 9.17) is 9.84 Å². The zero-order valence-electron chi connectivity index (χ0n) is 11.9. The number of carboxylic acids is 1. The highest BCUT2D eigenvalue weighted by molar-refractivity contribution is 6.14. The number of ether oxygens (including phenoxy) is 1. The van der Waals surface area contributed by atoms with Gasteiger partial charge in [0.15, 0.2) is 5.76 Å². The summed E-state index contributed by atoms with van der Waals surface area (Å²) in [6.07, 6.45) is 4.09. The van der Waals surface area contributed by atoms with Crippen LogP contribution in [0.1, 0.15) is 21.5 Å². The smallest absolute Gasteiger partial charge is 0.328 e. The van der Waals surface area contributed by atoms with Crippen LogP contribution in [0.3, 0.4) is 0 Å². The lowest BCUT2D eigenvalue weighted by atomic mass is 10.1. The Kier molecular flexibility index (Phi) is 3.68. The molecule has 1 aliphatic heterocycles. The molecule has 0 radical (unpaired) electrons. The molecule has 0 amide bonds. The Bertz CT molecular complexity index is 861. The van der Waals surface area contributed by atoms with E-state index in [-0.39, 0.29) is 17.3 Å². The largest absolute Gasteiger partial charge is 0.508 e. The summed E-state index contributed by atoms with van der Waals surface area (Å²) in [5, 5.41) is 18.1. The van der Waals surface area contributed by atoms with Gasteiger partial charge in [-0.3, -0.25) is 4.79 Å². The number of rotatable bonds is 3. The molecular weight excluding hydrogens is 296 g/mol. The number of phenols is 1. The second kappa shape index (κ2) is 5.81. The van der Waals surface area contributed by atoms with Crippen LogP contribution in [-0.2, 0) is 4.79 Å². The second-order valence-corrected chi connectivity index (χ2v) is 4.96. The van der Waals surface area contributed by atoms with E-state index in [2.05, 4.69) is 0 Å². The highest BCUT2D eigenvalue weighted by Crippen LogP contribution is 2.34. The zero-order valence-corrected chi connectivity index (χ0v) is 11.9. The van der Waals surface area contributed by atoms with Crippen molar-refractivity contribution in [2.24, 2.45) is 0 Å². The fourth-order valence-electron chi connectivity index (χ4n) is 2.25. The average molecular weight is 308 g/mol. The summed E-state index contributed by atoms with van der Waals surface area (Å²) in [5.41, 5.74) is 1.80. The fourth-order valence-corrected chi connectivity index (χ4v) is 2.25. The molecule has 1 heterocycles. The second-order valence-electron chi connectivity index (χ2n) is 4.96. The van der Waals surface area contributed by atoms with E-state index in [1.807, 2.05) is 0 Å². The van der Waals surface area contributed by atoms with E-state index < -0.39 is 5.97 Å². The molecule has 0 fully saturated rings. The number of Topliss-reactive ketones (excluding diaryl/α,β-unsaturated/α-hetero) is 1. The van der Waals surface area contributed by atoms with Crippen LogP contribution < -0.4 is 4.74 Å². The molecule has 5 nitrogen and oxygen atoms in total. The van der Waals surface area contributed by atoms with Crippen LogP contribution in [0.25, 0.3) is 12.2 Å². The van der Waals surface area contributed by atoms with Gasteiger partial charge < -0.3 is 14.9 Å². The van der Waals surface area contributed by atoms with Crippen molar-refractivity contribution in [1.29, 1.82) is 0 Å². The van der Waals surface area contributed by atoms with Gasteiger partial charge in [-0.2, -0.15) is 0 Å². The lowest BCUT2D eigenvalue weighted by Gasteiger charge is -2.00. The first-order valence-corrected chi connectivity index (χ1v) is 6.81. The lowest BCUT2D eigenvalue weighted by molar-refractivity contribution is -0.131. The van der Waals surface area contributed by atoms with Gasteiger partial charge in [0.1, 0.15) is 11.5 Å². The van der Waals surface area contributed by atoms with Gasteiger partial charge in [-0.05, 0) is 41.5 Å². The maximum Gasteiger partial charge on any atom is 0.328 e. The lowest BCUT2D eigenvalue weighted by Crippen LogP contribution is -1.98. The van der Waals surface area contributed by atoms with Crippen LogP contribution in [0.2, 0.25) is 0 Å². The number of allylic oxidation sites excluding steroid dienone is 1. The van der Waals surface area contributed by atoms with Crippen molar-refractivity contribution >= 4 is 23.9 Å². The molecule has 0 saturated carbocycles. The Morgan fingerprint density at radius 1 is 1.09 bits per heavy atom. The van der Waals surface area contributed by atoms with Gasteiger partial charge in [0.25, 0.3) is 0 Å². The van der Waals surface area contributed by atoms with Crippen molar-refractivity contribution < 1.29 is 24.5 Å². The van der Waals surface area contributed by atoms with Crippen LogP contribution in [0, 0.1) is 0 Å². The minimum Gasteiger partial charge on any atom is -0.508 e. The molecule has 3 rings (SSSR count). The molecule has 2 N–H and O–H groups in total. The molecule has 0 aliphatic carbocycles. The van der Waals surface area contributed by atoms with Crippen molar-refractivity contribution in [2.75, 3.05) is 0 Å². The summed E-state index contributed by atoms with van der Waals surface area (Å²) in [6, 6.07) is 11.4. The number of fused-ring (bicyclic) bond motifs is 1. The molecule has 0 aromatic heterocycles. The van der Waals surface area contributed by atoms with Crippen LogP contribution in [-0.4, -0.2) is 22.0 Å². The van der Waals surface area contributed by atoms with Gasteiger partial charge in [-0.15, -0.1) is 0 Å². The summed E-state index contributed by atoms with van der Waals surface area (Å²) in [4.78, 5) is 22.8. The minimum atomic E-state index is -1.03. The summed E-state index contributed by atoms with van der Waals surface area (Å²) < 4.78 is 5.48. The van der Waals surface area contributed by atoms with E-state index in [0.29, 0.717) is 22.4 Å². The molecule has 0 bridgehead atoms. The first-order valence-electron chi connectivity index (χ1n) is 6.81. The molecule has 0 atom stereocenters. The fraction of sp³-hybridized carbons (Fsp3) is 0. The van der Waals surface area contributed by atoms with E-state index >= 15 is 0 Å². The van der Waals surface area contributed by atoms with E-state index in [1.54, 1.807) is 30.3 Å². The summed E-state index contributed by atoms with van der Waals surface area (Å²) in [7, 11) is 0. The monoisotopic (exact) mass is 308 g/mol. The van der Waals surface area contributed by atoms with Crippen molar-refractivity contribution in [1.82, 2.24) is 0 Å². The third-order valence-electron chi connectivity index (χ3n) is 3.28. The molecule has 23 heavy (non-hydrogen) atoms. The molecule has 0 saturated heterocycles. The highest BCUT2D eigenvalue weighted by Gasteiger charge is 2.27. The van der Waals surface area contributed by atoms with Gasteiger partial charge in [-0.25, -0.2) is 4.79 Å². The Morgan fingerprint density at radius 2 is 1.87 bits per heavy atom. The molecule has 2 aromatic carbocycles. The topological polar surface area (TPSA) is 83.8 Å². The Labute approximate surface area is 131 Å². The third-order valence-corrected chi connectivity index (χ3v) is 3.28. The number of carbonyl (C=O) groups excluding carboxylic acids is 1. The maximum absolute atomic E-state index is 12.2. The highest BCUT2D eigenvalue weighted by atomic mass is 16.5. The summed E-state index contributed by atoms with van der Waals surface area (Å²) >= 11 is 0. The summed E-state index contributed by atoms with van der Waals surface area (Å²) in [5.74, 6) is -0.781. The molecule has 0 unspecified atom stereocenters. The van der Waals surface area contributed by atoms with Crippen LogP contribution in [0.5, 0.6) is 11.5 Å². The van der Waals surface area contributed by atoms with Gasteiger partial charge in [0.05, 0.1) is 5.56 Å². The standard InChI is InChI=1S/C18H12O5/c19-13-5-6-14-15(10-13)23-16(18(14)22)9-12-3-1-2-11(8-12)4-7-17(20)21/h1-10,19H,(H,20,21). The SMILES string of the molecule is O=C(O)C=Cc1cccc(C=C2Oc3cc(O)ccc3C2=O)c1. The van der Waals surface area contributed by atoms with Gasteiger partial charge in [0.2, 0.25) is 5.78 Å². The number of hydrogen-bond donors (Lipinski definition) is 2. The zero-order chi connectivity index (χ0) is 16.4. The van der Waals surface area contributed by atoms with E-state index in [0.717, 1.165) is 6.08 Å². The molecule has 114 valence electrons. The normalized spacial score (nSPS) is 15.0. The molecule has 5 heteroatoms. The number of phenolic OH excluding ortho intramolecular Hbond substituents is 1. The number of ketones is 1. The van der Waals surface area contributed by atoms with Crippen molar-refractivity contribution in [3.8, 4) is 11.5 Å². The minimum absolute atomic E-state index is 0.0265. The Hall–Kier alpha value is -3.34. The Morgan fingerprint density at radius 3 is 2.65 bits per heavy atom. The van der Waals surface area contributed by atoms with Crippen LogP contribution in [0.4, 0.5) is 0 Å². The van der Waals surface area contributed by atoms with Gasteiger partial charge >= 0.3 is 5.97 Å². The maximum atomic E-state index is 12.2. The number of carboxylic acid groups (broad SMARTS) is 1. The quantitative estimate of drug-likeness (QED) is 0.851. The number of aliphatic carboxylic acids is 1. The average Bonchev–Trinajstić information content (AvgIpc) is 2.81.